The highest BCUT2D eigenvalue weighted by Crippen LogP contribution is 2.41. The second-order valence-electron chi connectivity index (χ2n) is 20.0. The van der Waals surface area contributed by atoms with Crippen molar-refractivity contribution >= 4 is 66.6 Å². The van der Waals surface area contributed by atoms with Gasteiger partial charge in [-0.15, -0.1) is 0 Å². The van der Waals surface area contributed by atoms with Crippen LogP contribution < -0.4 is 21.7 Å². The molecule has 350 valence electrons. The molecule has 19 heteroatoms. The number of Topliss-reactive ketones (excluding diaryl/α,β-unsaturated/α-hetero) is 2. The van der Waals surface area contributed by atoms with Crippen LogP contribution in [0.3, 0.4) is 0 Å². The van der Waals surface area contributed by atoms with Crippen molar-refractivity contribution in [2.75, 3.05) is 39.3 Å². The van der Waals surface area contributed by atoms with E-state index in [0.717, 1.165) is 44.8 Å². The molecule has 2 aliphatic carbocycles. The Kier molecular flexibility index (Phi) is 20.2. The number of esters is 1. The molecule has 1 aromatic rings. The van der Waals surface area contributed by atoms with Gasteiger partial charge in [0.05, 0.1) is 30.8 Å². The molecule has 3 atom stereocenters. The van der Waals surface area contributed by atoms with E-state index in [0.29, 0.717) is 45.5 Å². The van der Waals surface area contributed by atoms with Crippen LogP contribution in [-0.4, -0.2) is 109 Å². The minimum atomic E-state index is -4.75. The van der Waals surface area contributed by atoms with Crippen LogP contribution in [0.25, 0.3) is 0 Å². The number of benzene rings is 1. The molecule has 1 aromatic carbocycles. The summed E-state index contributed by atoms with van der Waals surface area (Å²) >= 11 is 0. The number of hydrogen-bond acceptors (Lipinski definition) is 13. The Morgan fingerprint density at radius 3 is 1.94 bits per heavy atom. The van der Waals surface area contributed by atoms with Crippen LogP contribution >= 0.6 is 0 Å². The Bertz CT molecular complexity index is 1900. The normalized spacial score (nSPS) is 17.9. The molecule has 62 heavy (non-hydrogen) atoms. The first-order valence-electron chi connectivity index (χ1n) is 22.3. The van der Waals surface area contributed by atoms with Gasteiger partial charge in [-0.2, -0.15) is 8.42 Å². The van der Waals surface area contributed by atoms with Gasteiger partial charge in [0.1, 0.15) is 4.91 Å². The lowest BCUT2D eigenvalue weighted by atomic mass is 9.69. The van der Waals surface area contributed by atoms with Crippen molar-refractivity contribution in [2.24, 2.45) is 23.5 Å². The lowest BCUT2D eigenvalue weighted by molar-refractivity contribution is -0.148. The fourth-order valence-corrected chi connectivity index (χ4v) is 30.3. The summed E-state index contributed by atoms with van der Waals surface area (Å²) in [5.74, 6) is -3.69. The fraction of sp³-hybridized carbons (Fsp3) is 0.674. The largest absolute Gasteiger partial charge is 0.495 e. The van der Waals surface area contributed by atoms with Gasteiger partial charge in [-0.1, -0.05) is 81.6 Å². The van der Waals surface area contributed by atoms with E-state index >= 15 is 0 Å². The molecule has 14 nitrogen and oxygen atoms in total. The van der Waals surface area contributed by atoms with Crippen LogP contribution in [0.1, 0.15) is 72.6 Å². The van der Waals surface area contributed by atoms with Gasteiger partial charge >= 0.3 is 14.5 Å². The van der Waals surface area contributed by atoms with Crippen LogP contribution in [0.5, 0.6) is 0 Å². The zero-order chi connectivity index (χ0) is 46.5. The van der Waals surface area contributed by atoms with Crippen molar-refractivity contribution in [1.82, 2.24) is 16.0 Å². The molecule has 0 bridgehead atoms. The Morgan fingerprint density at radius 2 is 1.35 bits per heavy atom. The average molecular weight is 954 g/mol. The van der Waals surface area contributed by atoms with Gasteiger partial charge in [0.2, 0.25) is 0 Å². The summed E-state index contributed by atoms with van der Waals surface area (Å²) in [6.45, 7) is 25.8. The molecule has 3 rings (SSSR count). The highest BCUT2D eigenvalue weighted by Gasteiger charge is 2.48. The maximum Gasteiger partial charge on any atom is 0.385 e. The van der Waals surface area contributed by atoms with Gasteiger partial charge in [-0.3, -0.25) is 23.7 Å². The Morgan fingerprint density at radius 1 is 0.790 bits per heavy atom. The number of carbonyl (C=O) groups excluding carboxylic acids is 4. The molecule has 2 aliphatic rings. The molecule has 0 saturated heterocycles. The summed E-state index contributed by atoms with van der Waals surface area (Å²) < 4.78 is 51.5. The number of nitrogens with two attached hydrogens (primary N) is 1. The minimum absolute atomic E-state index is 0.179. The summed E-state index contributed by atoms with van der Waals surface area (Å²) in [6.07, 6.45) is 6.68. The van der Waals surface area contributed by atoms with E-state index in [1.165, 1.54) is 23.8 Å². The molecule has 0 aromatic heterocycles. The Balaban J connectivity index is 1.26. The monoisotopic (exact) mass is 952 g/mol. The molecule has 3 unspecified atom stereocenters. The second-order valence-corrected chi connectivity index (χ2v) is 40.5. The number of unbranched alkanes of at least 4 members (excludes halogenated alkanes) is 3. The molecule has 0 amide bonds. The highest BCUT2D eigenvalue weighted by atomic mass is 32.2. The molecule has 0 radical (unpaired) electrons. The van der Waals surface area contributed by atoms with Crippen LogP contribution in [-0.2, 0) is 33.0 Å². The average Bonchev–Trinajstić information content (AvgIpc) is 3.14. The van der Waals surface area contributed by atoms with Gasteiger partial charge in [-0.05, 0) is 84.0 Å². The number of allylic oxidation sites excluding steroid dienone is 3. The lowest BCUT2D eigenvalue weighted by Gasteiger charge is -2.36. The zero-order valence-electron chi connectivity index (χ0n) is 39.0. The summed E-state index contributed by atoms with van der Waals surface area (Å²) in [6, 6.07) is 8.89. The van der Waals surface area contributed by atoms with E-state index in [1.807, 2.05) is 20.0 Å². The predicted octanol–water partition coefficient (Wildman–Crippen LogP) is 6.98. The first-order chi connectivity index (χ1) is 28.7. The maximum absolute atomic E-state index is 13.5. The number of nitrogens with one attached hydrogen (secondary N) is 3. The van der Waals surface area contributed by atoms with Crippen molar-refractivity contribution in [3.05, 3.63) is 57.8 Å². The first-order valence-corrected chi connectivity index (χ1v) is 36.8. The van der Waals surface area contributed by atoms with Crippen molar-refractivity contribution < 1.29 is 45.4 Å². The third-order valence-corrected chi connectivity index (χ3v) is 28.3. The first kappa shape index (κ1) is 53.6. The van der Waals surface area contributed by atoms with Gasteiger partial charge in [-0.25, -0.2) is 0 Å². The van der Waals surface area contributed by atoms with E-state index in [2.05, 4.69) is 61.8 Å². The molecule has 0 fully saturated rings. The molecular weight excluding hydrogens is 877 g/mol. The van der Waals surface area contributed by atoms with Gasteiger partial charge in [0, 0.05) is 58.3 Å². The zero-order valence-corrected chi connectivity index (χ0v) is 43.9. The standard InChI is InChI=1S/C43H76N4O10SSi4/c1-32(30-46-23-18-28-61(7,8)31-60(5,6)27-17-22-45-25-21-37(48)56-62(9,10)57-59(2,3)4)43(51)55-26-16-12-11-15-24-47-35-29-36(58(52,53)54)40(44)39-38(35)41(49)33-19-13-14-20-34(33)42(39)50/h13-14,19-20,29,32,38-39,45-47H,11-12,15-18,21-28,30-31,44H2,1-10H3,(H,52,53,54). The number of ether oxygens (including phenoxy) is 1. The van der Waals surface area contributed by atoms with Gasteiger partial charge in [0.25, 0.3) is 16.1 Å². The summed E-state index contributed by atoms with van der Waals surface area (Å²) in [4.78, 5) is 51.3. The third-order valence-electron chi connectivity index (χ3n) is 11.2. The topological polar surface area (TPSA) is 212 Å². The predicted molar refractivity (Wildman–Crippen MR) is 257 cm³/mol. The van der Waals surface area contributed by atoms with E-state index < -0.39 is 65.7 Å². The van der Waals surface area contributed by atoms with Crippen molar-refractivity contribution in [2.45, 2.75) is 129 Å². The van der Waals surface area contributed by atoms with Crippen molar-refractivity contribution in [3.63, 3.8) is 0 Å². The minimum Gasteiger partial charge on any atom is -0.495 e. The van der Waals surface area contributed by atoms with Crippen LogP contribution in [0.4, 0.5) is 0 Å². The van der Waals surface area contributed by atoms with Crippen molar-refractivity contribution in [1.29, 1.82) is 0 Å². The van der Waals surface area contributed by atoms with E-state index in [-0.39, 0.29) is 46.2 Å². The number of hydrogen-bond donors (Lipinski definition) is 5. The quantitative estimate of drug-likeness (QED) is 0.0248. The van der Waals surface area contributed by atoms with Crippen molar-refractivity contribution in [3.8, 4) is 0 Å². The van der Waals surface area contributed by atoms with Gasteiger partial charge in [0.15, 0.2) is 19.9 Å². The number of ketones is 2. The molecule has 0 aliphatic heterocycles. The number of carbonyl (C=O) groups is 4. The summed E-state index contributed by atoms with van der Waals surface area (Å²) in [5.41, 5.74) is 7.82. The third kappa shape index (κ3) is 17.7. The Hall–Kier alpha value is -2.76. The molecule has 0 heterocycles. The maximum atomic E-state index is 13.5. The number of fused-ring (bicyclic) bond motifs is 2. The fourth-order valence-electron chi connectivity index (χ4n) is 8.83. The van der Waals surface area contributed by atoms with Crippen LogP contribution in [0.2, 0.25) is 76.7 Å². The van der Waals surface area contributed by atoms with E-state index in [4.69, 9.17) is 19.0 Å². The summed E-state index contributed by atoms with van der Waals surface area (Å²) in [7, 11) is -11.7. The molecule has 0 saturated carbocycles. The van der Waals surface area contributed by atoms with Crippen LogP contribution in [0, 0.1) is 17.8 Å². The molecule has 0 spiro atoms. The molecule has 6 N–H and O–H groups in total. The van der Waals surface area contributed by atoms with Crippen LogP contribution in [0.15, 0.2) is 46.6 Å². The highest BCUT2D eigenvalue weighted by molar-refractivity contribution is 7.90. The number of rotatable bonds is 28. The second kappa shape index (κ2) is 23.4. The Labute approximate surface area is 375 Å². The lowest BCUT2D eigenvalue weighted by Crippen LogP contribution is -2.46. The molecular formula is C43H76N4O10SSi4. The SMILES string of the molecule is CC(CNCCC[Si](C)(C)C[Si](C)(C)CCCNCCC(=O)O[Si](C)(C)O[Si](C)(C)C)C(=O)OCCCCCCNC1=CC(S(=O)(=O)O)=C(N)C2C(=O)c3ccccc3C(=O)C12. The van der Waals surface area contributed by atoms with E-state index in [1.54, 1.807) is 18.2 Å². The van der Waals surface area contributed by atoms with E-state index in [9.17, 15) is 32.1 Å². The smallest absolute Gasteiger partial charge is 0.385 e. The van der Waals surface area contributed by atoms with Gasteiger partial charge < -0.3 is 35.0 Å². The summed E-state index contributed by atoms with van der Waals surface area (Å²) in [5, 5.41) is 10.0.